The van der Waals surface area contributed by atoms with Crippen LogP contribution in [-0.2, 0) is 6.54 Å². The molecule has 0 amide bonds. The molecule has 5 nitrogen and oxygen atoms in total. The van der Waals surface area contributed by atoms with Gasteiger partial charge in [-0.05, 0) is 60.4 Å². The van der Waals surface area contributed by atoms with E-state index in [2.05, 4.69) is 41.6 Å². The van der Waals surface area contributed by atoms with Gasteiger partial charge >= 0.3 is 5.63 Å². The van der Waals surface area contributed by atoms with Crippen molar-refractivity contribution in [3.63, 3.8) is 0 Å². The Hall–Kier alpha value is -2.48. The Morgan fingerprint density at radius 2 is 1.94 bits per heavy atom. The molecule has 186 valence electrons. The zero-order chi connectivity index (χ0) is 25.2. The average Bonchev–Trinajstić information content (AvgIpc) is 3.37. The van der Waals surface area contributed by atoms with Gasteiger partial charge in [0, 0.05) is 39.9 Å². The quantitative estimate of drug-likeness (QED) is 0.260. The maximum absolute atomic E-state index is 13.1. The van der Waals surface area contributed by atoms with E-state index in [9.17, 15) is 9.90 Å². The van der Waals surface area contributed by atoms with Crippen molar-refractivity contribution in [1.29, 1.82) is 0 Å². The van der Waals surface area contributed by atoms with E-state index in [1.54, 1.807) is 6.07 Å². The van der Waals surface area contributed by atoms with Crippen molar-refractivity contribution in [3.05, 3.63) is 68.3 Å². The molecule has 2 aliphatic rings. The van der Waals surface area contributed by atoms with Crippen molar-refractivity contribution in [3.8, 4) is 27.6 Å². The third-order valence-corrected chi connectivity index (χ3v) is 9.14. The van der Waals surface area contributed by atoms with Gasteiger partial charge in [0.05, 0.1) is 16.8 Å². The average molecular weight is 566 g/mol. The Labute approximate surface area is 222 Å². The van der Waals surface area contributed by atoms with Crippen LogP contribution in [0.1, 0.15) is 45.6 Å². The van der Waals surface area contributed by atoms with Gasteiger partial charge in [0.25, 0.3) is 0 Å². The predicted molar refractivity (Wildman–Crippen MR) is 148 cm³/mol. The van der Waals surface area contributed by atoms with E-state index in [0.717, 1.165) is 34.1 Å². The standard InChI is InChI=1S/C29H29BrN2O3S/c1-28(2)11-20-12-29(3,15-28)16-32(20)13-22-24(33)9-6-18-10-21(27(34)35-25(18)22)26-31-23(14-36-26)17-4-7-19(30)8-5-17/h4-10,14,20,33H,11-13,15-16H2,1-3H3/t20-,29+/m0/s1. The van der Waals surface area contributed by atoms with E-state index < -0.39 is 5.63 Å². The van der Waals surface area contributed by atoms with E-state index in [-0.39, 0.29) is 11.2 Å². The second kappa shape index (κ2) is 8.54. The lowest BCUT2D eigenvalue weighted by molar-refractivity contribution is 0.126. The van der Waals surface area contributed by atoms with Crippen molar-refractivity contribution < 1.29 is 9.52 Å². The molecule has 3 heterocycles. The van der Waals surface area contributed by atoms with Gasteiger partial charge in [-0.1, -0.05) is 48.8 Å². The lowest BCUT2D eigenvalue weighted by atomic mass is 9.65. The topological polar surface area (TPSA) is 66.6 Å². The highest BCUT2D eigenvalue weighted by molar-refractivity contribution is 9.10. The molecule has 1 aliphatic heterocycles. The fraction of sp³-hybridized carbons (Fsp3) is 0.379. The second-order valence-corrected chi connectivity index (χ2v) is 13.4. The number of phenolic OH excluding ortho intramolecular Hbond substituents is 1. The maximum Gasteiger partial charge on any atom is 0.346 e. The number of thiazole rings is 1. The minimum atomic E-state index is -0.431. The zero-order valence-electron chi connectivity index (χ0n) is 20.7. The molecule has 2 atom stereocenters. The molecule has 1 saturated heterocycles. The molecule has 1 aliphatic carbocycles. The number of phenols is 1. The number of halogens is 1. The molecule has 0 radical (unpaired) electrons. The van der Waals surface area contributed by atoms with Crippen LogP contribution in [0, 0.1) is 10.8 Å². The number of nitrogens with zero attached hydrogens (tertiary/aromatic N) is 2. The predicted octanol–water partition coefficient (Wildman–Crippen LogP) is 7.45. The van der Waals surface area contributed by atoms with Crippen LogP contribution in [0.4, 0.5) is 0 Å². The van der Waals surface area contributed by atoms with Gasteiger partial charge in [-0.15, -0.1) is 11.3 Å². The monoisotopic (exact) mass is 564 g/mol. The lowest BCUT2D eigenvalue weighted by Crippen LogP contribution is -2.34. The van der Waals surface area contributed by atoms with Gasteiger partial charge in [0.2, 0.25) is 0 Å². The van der Waals surface area contributed by atoms with Crippen LogP contribution in [0.25, 0.3) is 32.8 Å². The maximum atomic E-state index is 13.1. The fourth-order valence-corrected chi connectivity index (χ4v) is 7.75. The Kier molecular flexibility index (Phi) is 5.67. The highest BCUT2D eigenvalue weighted by Crippen LogP contribution is 2.53. The molecule has 1 saturated carbocycles. The van der Waals surface area contributed by atoms with Gasteiger partial charge in [-0.25, -0.2) is 9.78 Å². The fourth-order valence-electron chi connectivity index (χ4n) is 6.65. The minimum Gasteiger partial charge on any atom is -0.507 e. The summed E-state index contributed by atoms with van der Waals surface area (Å²) in [6, 6.07) is 13.8. The van der Waals surface area contributed by atoms with Gasteiger partial charge in [-0.3, -0.25) is 4.90 Å². The van der Waals surface area contributed by atoms with Crippen LogP contribution in [0.15, 0.2) is 61.5 Å². The lowest BCUT2D eigenvalue weighted by Gasteiger charge is -2.40. The number of benzene rings is 2. The van der Waals surface area contributed by atoms with E-state index >= 15 is 0 Å². The van der Waals surface area contributed by atoms with Gasteiger partial charge in [-0.2, -0.15) is 0 Å². The summed E-state index contributed by atoms with van der Waals surface area (Å²) < 4.78 is 6.90. The van der Waals surface area contributed by atoms with E-state index in [1.807, 2.05) is 41.8 Å². The number of fused-ring (bicyclic) bond motifs is 3. The Balaban J connectivity index is 1.35. The van der Waals surface area contributed by atoms with E-state index in [0.29, 0.717) is 39.7 Å². The summed E-state index contributed by atoms with van der Waals surface area (Å²) in [5.74, 6) is 0.177. The van der Waals surface area contributed by atoms with Crippen LogP contribution in [0.3, 0.4) is 0 Å². The first kappa shape index (κ1) is 23.9. The summed E-state index contributed by atoms with van der Waals surface area (Å²) in [6.07, 6.45) is 3.54. The van der Waals surface area contributed by atoms with E-state index in [1.165, 1.54) is 24.2 Å². The summed E-state index contributed by atoms with van der Waals surface area (Å²) in [7, 11) is 0. The summed E-state index contributed by atoms with van der Waals surface area (Å²) in [6.45, 7) is 8.67. The first-order valence-corrected chi connectivity index (χ1v) is 14.0. The molecule has 2 aromatic carbocycles. The summed E-state index contributed by atoms with van der Waals surface area (Å²) >= 11 is 4.89. The molecule has 4 aromatic rings. The second-order valence-electron chi connectivity index (χ2n) is 11.6. The SMILES string of the molecule is CC1(C)C[C@H]2C[C@@](C)(CN2Cc2c(O)ccc3cc(-c4nc(-c5ccc(Br)cc5)cs4)c(=O)oc23)C1. The molecule has 2 aromatic heterocycles. The van der Waals surface area contributed by atoms with E-state index in [4.69, 9.17) is 9.40 Å². The number of hydrogen-bond acceptors (Lipinski definition) is 6. The Morgan fingerprint density at radius 3 is 2.72 bits per heavy atom. The molecule has 2 fully saturated rings. The van der Waals surface area contributed by atoms with Crippen molar-refractivity contribution in [2.75, 3.05) is 6.54 Å². The van der Waals surface area contributed by atoms with Crippen LogP contribution < -0.4 is 5.63 Å². The molecule has 0 unspecified atom stereocenters. The minimum absolute atomic E-state index is 0.177. The highest BCUT2D eigenvalue weighted by atomic mass is 79.9. The number of hydrogen-bond donors (Lipinski definition) is 1. The third kappa shape index (κ3) is 4.31. The number of aromatic hydroxyl groups is 1. The van der Waals surface area contributed by atoms with Gasteiger partial charge < -0.3 is 9.52 Å². The van der Waals surface area contributed by atoms with Gasteiger partial charge in [0.1, 0.15) is 16.3 Å². The number of rotatable bonds is 4. The number of aromatic nitrogens is 1. The number of likely N-dealkylation sites (tertiary alicyclic amines) is 1. The third-order valence-electron chi connectivity index (χ3n) is 7.74. The Bertz CT molecular complexity index is 1520. The normalized spacial score (nSPS) is 23.4. The largest absolute Gasteiger partial charge is 0.507 e. The zero-order valence-corrected chi connectivity index (χ0v) is 23.1. The molecule has 36 heavy (non-hydrogen) atoms. The molecule has 2 bridgehead atoms. The highest BCUT2D eigenvalue weighted by Gasteiger charge is 2.49. The molecule has 1 N–H and O–H groups in total. The molecule has 6 rings (SSSR count). The molecule has 0 spiro atoms. The first-order valence-electron chi connectivity index (χ1n) is 12.3. The van der Waals surface area contributed by atoms with Crippen LogP contribution >= 0.6 is 27.3 Å². The molecule has 7 heteroatoms. The Morgan fingerprint density at radius 1 is 1.17 bits per heavy atom. The molecular formula is C29H29BrN2O3S. The van der Waals surface area contributed by atoms with Crippen molar-refractivity contribution >= 4 is 38.2 Å². The smallest absolute Gasteiger partial charge is 0.346 e. The summed E-state index contributed by atoms with van der Waals surface area (Å²) in [5, 5.41) is 14.2. The van der Waals surface area contributed by atoms with Crippen molar-refractivity contribution in [2.45, 2.75) is 52.6 Å². The molecular weight excluding hydrogens is 536 g/mol. The van der Waals surface area contributed by atoms with Crippen molar-refractivity contribution in [1.82, 2.24) is 9.88 Å². The van der Waals surface area contributed by atoms with Crippen LogP contribution in [-0.4, -0.2) is 27.6 Å². The van der Waals surface area contributed by atoms with Crippen LogP contribution in [0.2, 0.25) is 0 Å². The summed E-state index contributed by atoms with van der Waals surface area (Å²) in [5.41, 5.74) is 3.60. The first-order chi connectivity index (χ1) is 17.1. The van der Waals surface area contributed by atoms with Gasteiger partial charge in [0.15, 0.2) is 0 Å². The van der Waals surface area contributed by atoms with Crippen molar-refractivity contribution in [2.24, 2.45) is 10.8 Å². The summed E-state index contributed by atoms with van der Waals surface area (Å²) in [4.78, 5) is 20.3. The van der Waals surface area contributed by atoms with Crippen LogP contribution in [0.5, 0.6) is 5.75 Å².